The Kier molecular flexibility index (Phi) is 9.06. The number of hydrogen-bond donors (Lipinski definition) is 0. The Morgan fingerprint density at radius 1 is 1.27 bits per heavy atom. The van der Waals surface area contributed by atoms with Crippen molar-refractivity contribution in [1.29, 1.82) is 0 Å². The maximum absolute atomic E-state index is 5.62. The standard InChI is InChI=1S/C8H16Cl2O/c1-2-3-4-5-6-11-8(10)7-9/h8H,2-7H2,1H3. The second-order valence-electron chi connectivity index (χ2n) is 2.50. The summed E-state index contributed by atoms with van der Waals surface area (Å²) < 4.78 is 5.17. The number of unbranched alkanes of at least 4 members (excludes halogenated alkanes) is 3. The molecule has 0 aliphatic heterocycles. The second-order valence-corrected chi connectivity index (χ2v) is 3.29. The molecule has 0 radical (unpaired) electrons. The molecular weight excluding hydrogens is 183 g/mol. The summed E-state index contributed by atoms with van der Waals surface area (Å²) in [6, 6.07) is 0. The van der Waals surface area contributed by atoms with E-state index in [1.165, 1.54) is 19.3 Å². The molecule has 0 saturated carbocycles. The van der Waals surface area contributed by atoms with Crippen LogP contribution in [0.5, 0.6) is 0 Å². The maximum atomic E-state index is 5.62. The zero-order valence-electron chi connectivity index (χ0n) is 6.98. The van der Waals surface area contributed by atoms with Gasteiger partial charge < -0.3 is 4.74 Å². The molecule has 0 aromatic rings. The first-order chi connectivity index (χ1) is 5.31. The molecule has 0 fully saturated rings. The van der Waals surface area contributed by atoms with Crippen LogP contribution < -0.4 is 0 Å². The first kappa shape index (κ1) is 11.5. The Hall–Kier alpha value is 0.540. The largest absolute Gasteiger partial charge is 0.361 e. The lowest BCUT2D eigenvalue weighted by molar-refractivity contribution is 0.117. The van der Waals surface area contributed by atoms with Crippen molar-refractivity contribution in [2.75, 3.05) is 12.5 Å². The summed E-state index contributed by atoms with van der Waals surface area (Å²) in [5, 5.41) is 0. The molecule has 1 atom stereocenters. The van der Waals surface area contributed by atoms with Crippen molar-refractivity contribution in [2.24, 2.45) is 0 Å². The predicted octanol–water partition coefficient (Wildman–Crippen LogP) is 3.39. The topological polar surface area (TPSA) is 9.23 Å². The Balaban J connectivity index is 2.89. The lowest BCUT2D eigenvalue weighted by Crippen LogP contribution is -2.07. The molecule has 0 aliphatic rings. The molecule has 1 unspecified atom stereocenters. The third-order valence-electron chi connectivity index (χ3n) is 1.42. The summed E-state index contributed by atoms with van der Waals surface area (Å²) in [5.74, 6) is 0.370. The summed E-state index contributed by atoms with van der Waals surface area (Å²) in [4.78, 5) is 0. The zero-order valence-corrected chi connectivity index (χ0v) is 8.50. The van der Waals surface area contributed by atoms with Crippen LogP contribution in [0.25, 0.3) is 0 Å². The lowest BCUT2D eigenvalue weighted by Gasteiger charge is -2.06. The van der Waals surface area contributed by atoms with Crippen molar-refractivity contribution in [3.8, 4) is 0 Å². The third kappa shape index (κ3) is 8.45. The second kappa shape index (κ2) is 8.63. The van der Waals surface area contributed by atoms with Gasteiger partial charge in [0.05, 0.1) is 5.88 Å². The monoisotopic (exact) mass is 198 g/mol. The molecule has 1 nitrogen and oxygen atoms in total. The van der Waals surface area contributed by atoms with E-state index in [2.05, 4.69) is 6.92 Å². The number of hydrogen-bond acceptors (Lipinski definition) is 1. The minimum Gasteiger partial charge on any atom is -0.361 e. The van der Waals surface area contributed by atoms with Gasteiger partial charge in [-0.05, 0) is 6.42 Å². The van der Waals surface area contributed by atoms with E-state index < -0.39 is 0 Å². The molecule has 68 valence electrons. The van der Waals surface area contributed by atoms with Crippen molar-refractivity contribution in [1.82, 2.24) is 0 Å². The highest BCUT2D eigenvalue weighted by molar-refractivity contribution is 6.27. The smallest absolute Gasteiger partial charge is 0.144 e. The molecule has 0 N–H and O–H groups in total. The number of ether oxygens (including phenoxy) is 1. The SMILES string of the molecule is CCCCCCOC(Cl)CCl. The van der Waals surface area contributed by atoms with Gasteiger partial charge in [-0.15, -0.1) is 11.6 Å². The van der Waals surface area contributed by atoms with Crippen molar-refractivity contribution in [3.63, 3.8) is 0 Å². The Morgan fingerprint density at radius 2 is 2.00 bits per heavy atom. The molecule has 0 saturated heterocycles. The van der Waals surface area contributed by atoms with Gasteiger partial charge in [-0.2, -0.15) is 0 Å². The molecule has 0 spiro atoms. The Bertz CT molecular complexity index is 78.5. The van der Waals surface area contributed by atoms with Crippen molar-refractivity contribution in [2.45, 2.75) is 38.2 Å². The minimum absolute atomic E-state index is 0.307. The summed E-state index contributed by atoms with van der Waals surface area (Å²) in [6.07, 6.45) is 4.84. The van der Waals surface area contributed by atoms with Crippen molar-refractivity contribution >= 4 is 23.2 Å². The van der Waals surface area contributed by atoms with Crippen LogP contribution in [0, 0.1) is 0 Å². The molecule has 0 amide bonds. The Labute approximate surface area is 79.0 Å². The molecule has 0 aliphatic carbocycles. The number of halogens is 2. The van der Waals surface area contributed by atoms with Crippen molar-refractivity contribution < 1.29 is 4.74 Å². The fraction of sp³-hybridized carbons (Fsp3) is 1.00. The Morgan fingerprint density at radius 3 is 2.55 bits per heavy atom. The van der Waals surface area contributed by atoms with E-state index in [-0.39, 0.29) is 5.56 Å². The molecule has 3 heteroatoms. The molecule has 0 bridgehead atoms. The highest BCUT2D eigenvalue weighted by atomic mass is 35.5. The van der Waals surface area contributed by atoms with Gasteiger partial charge in [0.2, 0.25) is 0 Å². The summed E-state index contributed by atoms with van der Waals surface area (Å²) >= 11 is 11.1. The fourth-order valence-electron chi connectivity index (χ4n) is 0.785. The highest BCUT2D eigenvalue weighted by Crippen LogP contribution is 2.04. The normalized spacial score (nSPS) is 13.4. The molecule has 0 aromatic heterocycles. The van der Waals surface area contributed by atoms with Gasteiger partial charge in [-0.1, -0.05) is 37.8 Å². The van der Waals surface area contributed by atoms with E-state index in [0.29, 0.717) is 5.88 Å². The molecule has 0 rings (SSSR count). The van der Waals surface area contributed by atoms with Crippen LogP contribution in [0.3, 0.4) is 0 Å². The molecule has 0 heterocycles. The average molecular weight is 199 g/mol. The van der Waals surface area contributed by atoms with Gasteiger partial charge in [-0.3, -0.25) is 0 Å². The molecule has 11 heavy (non-hydrogen) atoms. The van der Waals surface area contributed by atoms with Gasteiger partial charge in [-0.25, -0.2) is 0 Å². The lowest BCUT2D eigenvalue weighted by atomic mass is 10.2. The summed E-state index contributed by atoms with van der Waals surface area (Å²) in [7, 11) is 0. The zero-order chi connectivity index (χ0) is 8.53. The van der Waals surface area contributed by atoms with E-state index in [9.17, 15) is 0 Å². The van der Waals surface area contributed by atoms with Crippen LogP contribution in [0.1, 0.15) is 32.6 Å². The van der Waals surface area contributed by atoms with E-state index in [0.717, 1.165) is 13.0 Å². The van der Waals surface area contributed by atoms with Gasteiger partial charge in [0.15, 0.2) is 0 Å². The van der Waals surface area contributed by atoms with Crippen LogP contribution in [-0.4, -0.2) is 18.1 Å². The van der Waals surface area contributed by atoms with Crippen LogP contribution >= 0.6 is 23.2 Å². The van der Waals surface area contributed by atoms with Gasteiger partial charge >= 0.3 is 0 Å². The highest BCUT2D eigenvalue weighted by Gasteiger charge is 1.99. The number of rotatable bonds is 7. The van der Waals surface area contributed by atoms with E-state index in [1.807, 2.05) is 0 Å². The maximum Gasteiger partial charge on any atom is 0.144 e. The average Bonchev–Trinajstić information content (AvgIpc) is 2.04. The van der Waals surface area contributed by atoms with Crippen molar-refractivity contribution in [3.05, 3.63) is 0 Å². The number of alkyl halides is 2. The van der Waals surface area contributed by atoms with Crippen LogP contribution in [0.4, 0.5) is 0 Å². The summed E-state index contributed by atoms with van der Waals surface area (Å²) in [6.45, 7) is 2.92. The van der Waals surface area contributed by atoms with E-state index >= 15 is 0 Å². The quantitative estimate of drug-likeness (QED) is 0.451. The van der Waals surface area contributed by atoms with Crippen LogP contribution in [-0.2, 0) is 4.74 Å². The van der Waals surface area contributed by atoms with Gasteiger partial charge in [0, 0.05) is 6.61 Å². The third-order valence-corrected chi connectivity index (χ3v) is 2.14. The van der Waals surface area contributed by atoms with E-state index in [4.69, 9.17) is 27.9 Å². The van der Waals surface area contributed by atoms with Crippen LogP contribution in [0.15, 0.2) is 0 Å². The summed E-state index contributed by atoms with van der Waals surface area (Å²) in [5.41, 5.74) is -0.307. The first-order valence-corrected chi connectivity index (χ1v) is 5.10. The van der Waals surface area contributed by atoms with Gasteiger partial charge in [0.1, 0.15) is 5.56 Å². The van der Waals surface area contributed by atoms with Gasteiger partial charge in [0.25, 0.3) is 0 Å². The fourth-order valence-corrected chi connectivity index (χ4v) is 0.963. The minimum atomic E-state index is -0.307. The molecule has 0 aromatic carbocycles. The molecular formula is C8H16Cl2O. The predicted molar refractivity (Wildman–Crippen MR) is 50.5 cm³/mol. The van der Waals surface area contributed by atoms with Crippen LogP contribution in [0.2, 0.25) is 0 Å². The van der Waals surface area contributed by atoms with E-state index in [1.54, 1.807) is 0 Å². The first-order valence-electron chi connectivity index (χ1n) is 4.13.